The zero-order valence-electron chi connectivity index (χ0n) is 12.8. The maximum Gasteiger partial charge on any atom is 0.356 e. The SMILES string of the molecule is CCOC(=O)c1ccc2c(C3CCCCC3)cn(C)c2n1. The van der Waals surface area contributed by atoms with Gasteiger partial charge in [-0.2, -0.15) is 0 Å². The highest BCUT2D eigenvalue weighted by molar-refractivity contribution is 5.91. The molecule has 2 aromatic rings. The van der Waals surface area contributed by atoms with E-state index in [0.29, 0.717) is 18.2 Å². The maximum atomic E-state index is 11.8. The number of hydrogen-bond donors (Lipinski definition) is 0. The van der Waals surface area contributed by atoms with E-state index in [1.807, 2.05) is 17.7 Å². The molecule has 4 heteroatoms. The summed E-state index contributed by atoms with van der Waals surface area (Å²) in [6, 6.07) is 3.81. The van der Waals surface area contributed by atoms with Crippen molar-refractivity contribution < 1.29 is 9.53 Å². The summed E-state index contributed by atoms with van der Waals surface area (Å²) in [7, 11) is 2.00. The van der Waals surface area contributed by atoms with Crippen LogP contribution in [0.25, 0.3) is 11.0 Å². The Kier molecular flexibility index (Phi) is 3.95. The third kappa shape index (κ3) is 2.67. The molecule has 3 rings (SSSR count). The van der Waals surface area contributed by atoms with Gasteiger partial charge in [-0.05, 0) is 43.4 Å². The van der Waals surface area contributed by atoms with Crippen LogP contribution in [-0.4, -0.2) is 22.1 Å². The number of carbonyl (C=O) groups is 1. The summed E-state index contributed by atoms with van der Waals surface area (Å²) in [5.41, 5.74) is 2.65. The Bertz CT molecular complexity index is 654. The number of carbonyl (C=O) groups excluding carboxylic acids is 1. The van der Waals surface area contributed by atoms with Crippen molar-refractivity contribution in [2.24, 2.45) is 7.05 Å². The molecule has 112 valence electrons. The fourth-order valence-corrected chi connectivity index (χ4v) is 3.34. The summed E-state index contributed by atoms with van der Waals surface area (Å²) in [5, 5.41) is 1.18. The van der Waals surface area contributed by atoms with Gasteiger partial charge in [-0.3, -0.25) is 0 Å². The van der Waals surface area contributed by atoms with Gasteiger partial charge in [0.05, 0.1) is 6.61 Å². The largest absolute Gasteiger partial charge is 0.461 e. The third-order valence-electron chi connectivity index (χ3n) is 4.38. The molecule has 0 N–H and O–H groups in total. The molecule has 0 radical (unpaired) electrons. The Hall–Kier alpha value is -1.84. The van der Waals surface area contributed by atoms with Crippen molar-refractivity contribution in [1.29, 1.82) is 0 Å². The van der Waals surface area contributed by atoms with E-state index in [-0.39, 0.29) is 5.97 Å². The van der Waals surface area contributed by atoms with Crippen LogP contribution in [0.1, 0.15) is 61.0 Å². The molecule has 0 amide bonds. The molecule has 2 aromatic heterocycles. The van der Waals surface area contributed by atoms with Gasteiger partial charge in [0.25, 0.3) is 0 Å². The topological polar surface area (TPSA) is 44.1 Å². The second kappa shape index (κ2) is 5.88. The van der Waals surface area contributed by atoms with Gasteiger partial charge in [0.1, 0.15) is 5.65 Å². The van der Waals surface area contributed by atoms with Crippen molar-refractivity contribution in [3.63, 3.8) is 0 Å². The average Bonchev–Trinajstić information content (AvgIpc) is 2.85. The Balaban J connectivity index is 1.99. The first kappa shape index (κ1) is 14.1. The van der Waals surface area contributed by atoms with Crippen molar-refractivity contribution in [3.8, 4) is 0 Å². The summed E-state index contributed by atoms with van der Waals surface area (Å²) in [6.45, 7) is 2.18. The maximum absolute atomic E-state index is 11.8. The quantitative estimate of drug-likeness (QED) is 0.806. The van der Waals surface area contributed by atoms with Crippen LogP contribution in [0.4, 0.5) is 0 Å². The van der Waals surface area contributed by atoms with Gasteiger partial charge >= 0.3 is 5.97 Å². The normalized spacial score (nSPS) is 16.3. The Labute approximate surface area is 125 Å². The molecule has 1 aliphatic carbocycles. The number of esters is 1. The van der Waals surface area contributed by atoms with E-state index in [2.05, 4.69) is 11.2 Å². The lowest BCUT2D eigenvalue weighted by atomic mass is 9.84. The minimum absolute atomic E-state index is 0.347. The second-order valence-electron chi connectivity index (χ2n) is 5.82. The van der Waals surface area contributed by atoms with Gasteiger partial charge in [-0.1, -0.05) is 19.3 Å². The first-order valence-corrected chi connectivity index (χ1v) is 7.83. The standard InChI is InChI=1S/C17H22N2O2/c1-3-21-17(20)15-10-9-13-14(11-19(2)16(13)18-15)12-7-5-4-6-8-12/h9-12H,3-8H2,1-2H3. The van der Waals surface area contributed by atoms with Gasteiger partial charge < -0.3 is 9.30 Å². The van der Waals surface area contributed by atoms with E-state index >= 15 is 0 Å². The number of aryl methyl sites for hydroxylation is 1. The van der Waals surface area contributed by atoms with Gasteiger partial charge in [0.2, 0.25) is 0 Å². The molecule has 0 spiro atoms. The minimum Gasteiger partial charge on any atom is -0.461 e. The Morgan fingerprint density at radius 2 is 2.10 bits per heavy atom. The molecule has 21 heavy (non-hydrogen) atoms. The lowest BCUT2D eigenvalue weighted by molar-refractivity contribution is 0.0520. The van der Waals surface area contributed by atoms with Crippen LogP contribution in [0.2, 0.25) is 0 Å². The number of nitrogens with zero attached hydrogens (tertiary/aromatic N) is 2. The molecule has 0 bridgehead atoms. The Morgan fingerprint density at radius 3 is 2.81 bits per heavy atom. The van der Waals surface area contributed by atoms with Crippen LogP contribution in [0.3, 0.4) is 0 Å². The number of pyridine rings is 1. The van der Waals surface area contributed by atoms with E-state index in [4.69, 9.17) is 4.74 Å². The lowest BCUT2D eigenvalue weighted by Crippen LogP contribution is -2.07. The fourth-order valence-electron chi connectivity index (χ4n) is 3.34. The molecule has 1 fully saturated rings. The molecular weight excluding hydrogens is 264 g/mol. The fraction of sp³-hybridized carbons (Fsp3) is 0.529. The van der Waals surface area contributed by atoms with E-state index < -0.39 is 0 Å². The molecule has 1 saturated carbocycles. The minimum atomic E-state index is -0.347. The van der Waals surface area contributed by atoms with E-state index in [1.165, 1.54) is 43.1 Å². The molecule has 1 aliphatic rings. The van der Waals surface area contributed by atoms with Gasteiger partial charge in [-0.25, -0.2) is 9.78 Å². The zero-order valence-corrected chi connectivity index (χ0v) is 12.8. The van der Waals surface area contributed by atoms with E-state index in [1.54, 1.807) is 13.0 Å². The number of rotatable bonds is 3. The highest BCUT2D eigenvalue weighted by Crippen LogP contribution is 2.36. The van der Waals surface area contributed by atoms with Crippen molar-refractivity contribution in [2.75, 3.05) is 6.61 Å². The number of ether oxygens (including phenoxy) is 1. The predicted molar refractivity (Wildman–Crippen MR) is 82.5 cm³/mol. The summed E-state index contributed by atoms with van der Waals surface area (Å²) >= 11 is 0. The highest BCUT2D eigenvalue weighted by atomic mass is 16.5. The zero-order chi connectivity index (χ0) is 14.8. The number of aromatic nitrogens is 2. The third-order valence-corrected chi connectivity index (χ3v) is 4.38. The van der Waals surface area contributed by atoms with E-state index in [0.717, 1.165) is 5.65 Å². The summed E-state index contributed by atoms with van der Waals surface area (Å²) in [6.07, 6.45) is 8.69. The Morgan fingerprint density at radius 1 is 1.33 bits per heavy atom. The first-order valence-electron chi connectivity index (χ1n) is 7.83. The summed E-state index contributed by atoms with van der Waals surface area (Å²) in [5.74, 6) is 0.289. The second-order valence-corrected chi connectivity index (χ2v) is 5.82. The first-order chi connectivity index (χ1) is 10.2. The van der Waals surface area contributed by atoms with Crippen molar-refractivity contribution in [2.45, 2.75) is 44.9 Å². The van der Waals surface area contributed by atoms with Crippen molar-refractivity contribution in [3.05, 3.63) is 29.6 Å². The molecule has 0 aromatic carbocycles. The summed E-state index contributed by atoms with van der Waals surface area (Å²) in [4.78, 5) is 16.3. The van der Waals surface area contributed by atoms with Crippen LogP contribution < -0.4 is 0 Å². The van der Waals surface area contributed by atoms with Gasteiger partial charge in [0, 0.05) is 18.6 Å². The highest BCUT2D eigenvalue weighted by Gasteiger charge is 2.21. The van der Waals surface area contributed by atoms with Crippen LogP contribution in [0.15, 0.2) is 18.3 Å². The van der Waals surface area contributed by atoms with Gasteiger partial charge in [-0.15, -0.1) is 0 Å². The molecule has 0 unspecified atom stereocenters. The number of hydrogen-bond acceptors (Lipinski definition) is 3. The molecule has 2 heterocycles. The molecule has 0 atom stereocenters. The van der Waals surface area contributed by atoms with E-state index in [9.17, 15) is 4.79 Å². The average molecular weight is 286 g/mol. The molecular formula is C17H22N2O2. The van der Waals surface area contributed by atoms with Crippen LogP contribution >= 0.6 is 0 Å². The molecule has 0 aliphatic heterocycles. The summed E-state index contributed by atoms with van der Waals surface area (Å²) < 4.78 is 7.06. The number of fused-ring (bicyclic) bond motifs is 1. The van der Waals surface area contributed by atoms with Crippen LogP contribution in [0, 0.1) is 0 Å². The van der Waals surface area contributed by atoms with Gasteiger partial charge in [0.15, 0.2) is 5.69 Å². The van der Waals surface area contributed by atoms with Crippen molar-refractivity contribution in [1.82, 2.24) is 9.55 Å². The molecule has 4 nitrogen and oxygen atoms in total. The predicted octanol–water partition coefficient (Wildman–Crippen LogP) is 3.80. The van der Waals surface area contributed by atoms with Crippen molar-refractivity contribution >= 4 is 17.0 Å². The monoisotopic (exact) mass is 286 g/mol. The van der Waals surface area contributed by atoms with Crippen LogP contribution in [-0.2, 0) is 11.8 Å². The molecule has 0 saturated heterocycles. The smallest absolute Gasteiger partial charge is 0.356 e. The lowest BCUT2D eigenvalue weighted by Gasteiger charge is -2.21. The van der Waals surface area contributed by atoms with Crippen LogP contribution in [0.5, 0.6) is 0 Å².